The highest BCUT2D eigenvalue weighted by molar-refractivity contribution is 5.95. The van der Waals surface area contributed by atoms with Gasteiger partial charge in [0.1, 0.15) is 11.3 Å². The van der Waals surface area contributed by atoms with Crippen LogP contribution in [0, 0.1) is 0 Å². The third-order valence-electron chi connectivity index (χ3n) is 8.25. The smallest absolute Gasteiger partial charge is 0.419 e. The second-order valence-electron chi connectivity index (χ2n) is 10.8. The summed E-state index contributed by atoms with van der Waals surface area (Å²) in [6, 6.07) is 13.6. The van der Waals surface area contributed by atoms with Gasteiger partial charge >= 0.3 is 6.18 Å². The standard InChI is InChI=1S/C30H34F3N7O/c1-38-13-15-40(16-14-38)20-9-11-39(12-10-20)21-7-8-26(27(17-21)41-2)36-29-35-19-24(30(31,32)33)28(37-29)23-18-34-25-6-4-3-5-22(23)25/h3-8,17-20,34H,9-16H2,1-2H3,(H,35,36,37). The first kappa shape index (κ1) is 27.3. The molecule has 2 aromatic heterocycles. The molecule has 216 valence electrons. The van der Waals surface area contributed by atoms with E-state index >= 15 is 0 Å². The summed E-state index contributed by atoms with van der Waals surface area (Å²) in [7, 11) is 3.76. The Morgan fingerprint density at radius 3 is 2.49 bits per heavy atom. The first-order chi connectivity index (χ1) is 19.8. The van der Waals surface area contributed by atoms with Crippen LogP contribution in [0.5, 0.6) is 5.75 Å². The molecule has 0 aliphatic carbocycles. The molecule has 0 amide bonds. The molecule has 4 heterocycles. The van der Waals surface area contributed by atoms with Crippen molar-refractivity contribution in [2.45, 2.75) is 25.1 Å². The summed E-state index contributed by atoms with van der Waals surface area (Å²) in [4.78, 5) is 18.8. The highest BCUT2D eigenvalue weighted by Gasteiger charge is 2.36. The fourth-order valence-corrected chi connectivity index (χ4v) is 5.90. The van der Waals surface area contributed by atoms with E-state index in [0.717, 1.165) is 69.5 Å². The summed E-state index contributed by atoms with van der Waals surface area (Å²) in [5.74, 6) is 0.623. The van der Waals surface area contributed by atoms with Crippen LogP contribution >= 0.6 is 0 Å². The van der Waals surface area contributed by atoms with Crippen molar-refractivity contribution < 1.29 is 17.9 Å². The van der Waals surface area contributed by atoms with Crippen LogP contribution in [-0.4, -0.2) is 84.2 Å². The Labute approximate surface area is 237 Å². The Kier molecular flexibility index (Phi) is 7.48. The molecule has 0 unspecified atom stereocenters. The molecule has 2 aliphatic rings. The number of para-hydroxylation sites is 1. The van der Waals surface area contributed by atoms with Crippen LogP contribution in [0.2, 0.25) is 0 Å². The maximum absolute atomic E-state index is 13.9. The van der Waals surface area contributed by atoms with E-state index in [1.54, 1.807) is 25.4 Å². The molecule has 2 fully saturated rings. The molecular formula is C30H34F3N7O. The van der Waals surface area contributed by atoms with E-state index in [2.05, 4.69) is 42.0 Å². The van der Waals surface area contributed by atoms with Gasteiger partial charge in [-0.25, -0.2) is 9.97 Å². The number of aromatic nitrogens is 3. The minimum absolute atomic E-state index is 0.0531. The second kappa shape index (κ2) is 11.2. The first-order valence-corrected chi connectivity index (χ1v) is 13.9. The normalized spacial score (nSPS) is 17.7. The summed E-state index contributed by atoms with van der Waals surface area (Å²) in [5, 5.41) is 3.74. The zero-order chi connectivity index (χ0) is 28.6. The number of fused-ring (bicyclic) bond motifs is 1. The molecule has 2 aliphatic heterocycles. The Balaban J connectivity index is 1.21. The maximum Gasteiger partial charge on any atom is 0.419 e. The Morgan fingerprint density at radius 1 is 1.00 bits per heavy atom. The molecule has 4 aromatic rings. The van der Waals surface area contributed by atoms with Gasteiger partial charge in [-0.05, 0) is 38.1 Å². The number of nitrogens with zero attached hydrogens (tertiary/aromatic N) is 5. The van der Waals surface area contributed by atoms with Crippen molar-refractivity contribution in [2.24, 2.45) is 0 Å². The topological polar surface area (TPSA) is 72.6 Å². The largest absolute Gasteiger partial charge is 0.494 e. The molecule has 0 spiro atoms. The number of methoxy groups -OCH3 is 1. The number of piperidine rings is 1. The first-order valence-electron chi connectivity index (χ1n) is 13.9. The summed E-state index contributed by atoms with van der Waals surface area (Å²) < 4.78 is 47.5. The number of alkyl halides is 3. The second-order valence-corrected chi connectivity index (χ2v) is 10.8. The third kappa shape index (κ3) is 5.69. The number of anilines is 3. The number of benzene rings is 2. The van der Waals surface area contributed by atoms with Crippen molar-refractivity contribution in [3.05, 3.63) is 60.4 Å². The number of H-pyrrole nitrogens is 1. The zero-order valence-corrected chi connectivity index (χ0v) is 23.2. The summed E-state index contributed by atoms with van der Waals surface area (Å²) in [6.45, 7) is 6.42. The van der Waals surface area contributed by atoms with Gasteiger partial charge in [0.05, 0.1) is 18.5 Å². The summed E-state index contributed by atoms with van der Waals surface area (Å²) in [5.41, 5.74) is 1.64. The molecule has 2 N–H and O–H groups in total. The fourth-order valence-electron chi connectivity index (χ4n) is 5.90. The minimum Gasteiger partial charge on any atom is -0.494 e. The average molecular weight is 566 g/mol. The van der Waals surface area contributed by atoms with E-state index in [1.165, 1.54) is 0 Å². The lowest BCUT2D eigenvalue weighted by Gasteiger charge is -2.42. The van der Waals surface area contributed by atoms with Crippen molar-refractivity contribution >= 4 is 28.2 Å². The number of piperazine rings is 1. The van der Waals surface area contributed by atoms with E-state index in [0.29, 0.717) is 28.4 Å². The van der Waals surface area contributed by atoms with Crippen LogP contribution in [0.3, 0.4) is 0 Å². The molecule has 11 heteroatoms. The van der Waals surface area contributed by atoms with Gasteiger partial charge in [0.15, 0.2) is 0 Å². The van der Waals surface area contributed by atoms with Crippen molar-refractivity contribution in [2.75, 3.05) is 63.6 Å². The number of rotatable bonds is 6. The van der Waals surface area contributed by atoms with Crippen molar-refractivity contribution in [1.82, 2.24) is 24.8 Å². The molecule has 0 atom stereocenters. The van der Waals surface area contributed by atoms with Crippen LogP contribution in [0.15, 0.2) is 54.9 Å². The van der Waals surface area contributed by atoms with Crippen molar-refractivity contribution in [3.63, 3.8) is 0 Å². The predicted octanol–water partition coefficient (Wildman–Crippen LogP) is 5.61. The maximum atomic E-state index is 13.9. The Hall–Kier alpha value is -3.83. The van der Waals surface area contributed by atoms with Crippen molar-refractivity contribution in [1.29, 1.82) is 0 Å². The lowest BCUT2D eigenvalue weighted by Crippen LogP contribution is -2.52. The highest BCUT2D eigenvalue weighted by atomic mass is 19.4. The average Bonchev–Trinajstić information content (AvgIpc) is 3.41. The zero-order valence-electron chi connectivity index (χ0n) is 23.2. The number of halogens is 3. The van der Waals surface area contributed by atoms with Crippen molar-refractivity contribution in [3.8, 4) is 17.0 Å². The Morgan fingerprint density at radius 2 is 1.76 bits per heavy atom. The molecule has 2 saturated heterocycles. The van der Waals surface area contributed by atoms with Gasteiger partial charge in [0, 0.05) is 85.9 Å². The molecule has 2 aromatic carbocycles. The fraction of sp³-hybridized carbons (Fsp3) is 0.400. The van der Waals surface area contributed by atoms with Gasteiger partial charge in [-0.1, -0.05) is 18.2 Å². The molecule has 8 nitrogen and oxygen atoms in total. The van der Waals surface area contributed by atoms with Crippen LogP contribution in [0.1, 0.15) is 18.4 Å². The number of hydrogen-bond acceptors (Lipinski definition) is 7. The van der Waals surface area contributed by atoms with Gasteiger partial charge in [-0.3, -0.25) is 4.90 Å². The molecule has 0 radical (unpaired) electrons. The Bertz CT molecular complexity index is 1510. The number of ether oxygens (including phenoxy) is 1. The van der Waals surface area contributed by atoms with Crippen LogP contribution < -0.4 is 15.0 Å². The van der Waals surface area contributed by atoms with E-state index in [-0.39, 0.29) is 11.6 Å². The monoisotopic (exact) mass is 565 g/mol. The predicted molar refractivity (Wildman–Crippen MR) is 155 cm³/mol. The number of nitrogens with one attached hydrogen (secondary N) is 2. The van der Waals surface area contributed by atoms with Gasteiger partial charge in [0.2, 0.25) is 5.95 Å². The summed E-state index contributed by atoms with van der Waals surface area (Å²) in [6.07, 6.45) is -0.000438. The summed E-state index contributed by atoms with van der Waals surface area (Å²) >= 11 is 0. The lowest BCUT2D eigenvalue weighted by molar-refractivity contribution is -0.137. The quantitative estimate of drug-likeness (QED) is 0.315. The van der Waals surface area contributed by atoms with Gasteiger partial charge in [0.25, 0.3) is 0 Å². The number of likely N-dealkylation sites (N-methyl/N-ethyl adjacent to an activating group) is 1. The lowest BCUT2D eigenvalue weighted by atomic mass is 10.0. The molecule has 6 rings (SSSR count). The van der Waals surface area contributed by atoms with E-state index < -0.39 is 11.7 Å². The molecule has 0 bridgehead atoms. The highest BCUT2D eigenvalue weighted by Crippen LogP contribution is 2.39. The van der Waals surface area contributed by atoms with Gasteiger partial charge < -0.3 is 24.8 Å². The van der Waals surface area contributed by atoms with Gasteiger partial charge in [-0.2, -0.15) is 13.2 Å². The molecule has 0 saturated carbocycles. The number of aromatic amines is 1. The SMILES string of the molecule is COc1cc(N2CCC(N3CCN(C)CC3)CC2)ccc1Nc1ncc(C(F)(F)F)c(-c2c[nH]c3ccccc23)n1. The van der Waals surface area contributed by atoms with Crippen LogP contribution in [0.25, 0.3) is 22.2 Å². The van der Waals surface area contributed by atoms with Crippen LogP contribution in [-0.2, 0) is 6.18 Å². The van der Waals surface area contributed by atoms with E-state index in [9.17, 15) is 13.2 Å². The molecule has 41 heavy (non-hydrogen) atoms. The third-order valence-corrected chi connectivity index (χ3v) is 8.25. The van der Waals surface area contributed by atoms with Gasteiger partial charge in [-0.15, -0.1) is 0 Å². The van der Waals surface area contributed by atoms with E-state index in [4.69, 9.17) is 4.74 Å². The molecular weight excluding hydrogens is 531 g/mol. The van der Waals surface area contributed by atoms with E-state index in [1.807, 2.05) is 30.3 Å². The number of hydrogen-bond donors (Lipinski definition) is 2. The van der Waals surface area contributed by atoms with Crippen LogP contribution in [0.4, 0.5) is 30.5 Å². The minimum atomic E-state index is -4.61.